The number of rotatable bonds is 3. The van der Waals surface area contributed by atoms with Crippen molar-refractivity contribution in [3.05, 3.63) is 28.2 Å². The molecule has 0 aliphatic carbocycles. The summed E-state index contributed by atoms with van der Waals surface area (Å²) >= 11 is 3.45. The largest absolute Gasteiger partial charge is 0.497 e. The van der Waals surface area contributed by atoms with E-state index in [1.807, 2.05) is 18.2 Å². The highest BCUT2D eigenvalue weighted by atomic mass is 79.9. The second kappa shape index (κ2) is 5.53. The normalized spacial score (nSPS) is 19.8. The van der Waals surface area contributed by atoms with Gasteiger partial charge in [-0.05, 0) is 36.7 Å². The Morgan fingerprint density at radius 2 is 2.22 bits per heavy atom. The van der Waals surface area contributed by atoms with Crippen molar-refractivity contribution in [2.75, 3.05) is 20.2 Å². The monoisotopic (exact) mass is 319 g/mol. The molecule has 0 N–H and O–H groups in total. The third kappa shape index (κ3) is 3.42. The third-order valence-electron chi connectivity index (χ3n) is 3.12. The predicted molar refractivity (Wildman–Crippen MR) is 70.2 cm³/mol. The Bertz CT molecular complexity index is 425. The number of piperidine rings is 1. The molecule has 0 bridgehead atoms. The van der Waals surface area contributed by atoms with Gasteiger partial charge in [-0.2, -0.15) is 0 Å². The molecule has 0 radical (unpaired) electrons. The van der Waals surface area contributed by atoms with Gasteiger partial charge in [-0.3, -0.25) is 4.90 Å². The smallest absolute Gasteiger partial charge is 0.260 e. The van der Waals surface area contributed by atoms with E-state index in [4.69, 9.17) is 4.74 Å². The molecule has 1 heterocycles. The second-order valence-electron chi connectivity index (χ2n) is 4.63. The molecule has 1 aliphatic rings. The molecule has 1 aliphatic heterocycles. The molecule has 0 unspecified atom stereocenters. The van der Waals surface area contributed by atoms with E-state index in [1.165, 1.54) is 0 Å². The summed E-state index contributed by atoms with van der Waals surface area (Å²) in [4.78, 5) is 1.79. The van der Waals surface area contributed by atoms with E-state index in [1.54, 1.807) is 12.0 Å². The lowest BCUT2D eigenvalue weighted by atomic mass is 10.1. The second-order valence-corrected chi connectivity index (χ2v) is 5.48. The summed E-state index contributed by atoms with van der Waals surface area (Å²) in [5.41, 5.74) is 0.979. The van der Waals surface area contributed by atoms with E-state index in [0.717, 1.165) is 22.3 Å². The number of hydrogen-bond donors (Lipinski definition) is 0. The fourth-order valence-corrected chi connectivity index (χ4v) is 2.59. The highest BCUT2D eigenvalue weighted by Crippen LogP contribution is 2.29. The Hall–Kier alpha value is -0.680. The highest BCUT2D eigenvalue weighted by Gasteiger charge is 2.35. The van der Waals surface area contributed by atoms with Crippen molar-refractivity contribution in [1.29, 1.82) is 0 Å². The van der Waals surface area contributed by atoms with E-state index in [9.17, 15) is 8.78 Å². The average Bonchev–Trinajstić information content (AvgIpc) is 2.31. The van der Waals surface area contributed by atoms with Crippen molar-refractivity contribution >= 4 is 15.9 Å². The SMILES string of the molecule is COc1ccc(Br)c(CN2CCCC(F)(F)C2)c1. The van der Waals surface area contributed by atoms with Crippen LogP contribution in [-0.2, 0) is 6.54 Å². The van der Waals surface area contributed by atoms with Crippen molar-refractivity contribution in [1.82, 2.24) is 4.90 Å². The zero-order valence-electron chi connectivity index (χ0n) is 10.3. The maximum Gasteiger partial charge on any atom is 0.260 e. The minimum atomic E-state index is -2.55. The first kappa shape index (κ1) is 13.7. The van der Waals surface area contributed by atoms with Crippen LogP contribution >= 0.6 is 15.9 Å². The lowest BCUT2D eigenvalue weighted by Crippen LogP contribution is -2.42. The molecule has 0 aromatic heterocycles. The lowest BCUT2D eigenvalue weighted by molar-refractivity contribution is -0.0661. The molecule has 2 nitrogen and oxygen atoms in total. The van der Waals surface area contributed by atoms with Gasteiger partial charge in [0, 0.05) is 17.4 Å². The number of ether oxygens (including phenoxy) is 1. The van der Waals surface area contributed by atoms with Crippen LogP contribution in [0.15, 0.2) is 22.7 Å². The van der Waals surface area contributed by atoms with Crippen LogP contribution in [0.3, 0.4) is 0 Å². The molecule has 0 amide bonds. The van der Waals surface area contributed by atoms with Crippen LogP contribution in [0.1, 0.15) is 18.4 Å². The van der Waals surface area contributed by atoms with Gasteiger partial charge in [-0.1, -0.05) is 15.9 Å². The van der Waals surface area contributed by atoms with Crippen molar-refractivity contribution in [2.24, 2.45) is 0 Å². The van der Waals surface area contributed by atoms with Crippen LogP contribution in [-0.4, -0.2) is 31.0 Å². The Morgan fingerprint density at radius 3 is 2.89 bits per heavy atom. The molecular formula is C13H16BrF2NO. The summed E-state index contributed by atoms with van der Waals surface area (Å²) < 4.78 is 32.7. The van der Waals surface area contributed by atoms with Crippen molar-refractivity contribution in [3.8, 4) is 5.75 Å². The van der Waals surface area contributed by atoms with Gasteiger partial charge in [-0.25, -0.2) is 8.78 Å². The minimum absolute atomic E-state index is 0.00276. The van der Waals surface area contributed by atoms with Crippen LogP contribution in [0, 0.1) is 0 Å². The maximum atomic E-state index is 13.3. The van der Waals surface area contributed by atoms with Gasteiger partial charge in [0.2, 0.25) is 0 Å². The van der Waals surface area contributed by atoms with E-state index in [0.29, 0.717) is 13.0 Å². The topological polar surface area (TPSA) is 12.5 Å². The van der Waals surface area contributed by atoms with Crippen LogP contribution in [0.5, 0.6) is 5.75 Å². The zero-order chi connectivity index (χ0) is 13.2. The van der Waals surface area contributed by atoms with E-state index in [-0.39, 0.29) is 13.0 Å². The summed E-state index contributed by atoms with van der Waals surface area (Å²) in [7, 11) is 1.60. The fraction of sp³-hybridized carbons (Fsp3) is 0.538. The van der Waals surface area contributed by atoms with E-state index in [2.05, 4.69) is 15.9 Å². The van der Waals surface area contributed by atoms with Gasteiger partial charge in [0.05, 0.1) is 13.7 Å². The lowest BCUT2D eigenvalue weighted by Gasteiger charge is -2.32. The number of hydrogen-bond acceptors (Lipinski definition) is 2. The quantitative estimate of drug-likeness (QED) is 0.842. The highest BCUT2D eigenvalue weighted by molar-refractivity contribution is 9.10. The van der Waals surface area contributed by atoms with Crippen molar-refractivity contribution < 1.29 is 13.5 Å². The molecule has 0 atom stereocenters. The first-order chi connectivity index (χ1) is 8.50. The summed E-state index contributed by atoms with van der Waals surface area (Å²) in [6.07, 6.45) is 0.553. The summed E-state index contributed by atoms with van der Waals surface area (Å²) in [6, 6.07) is 5.62. The number of methoxy groups -OCH3 is 1. The molecule has 0 saturated carbocycles. The van der Waals surface area contributed by atoms with Crippen LogP contribution in [0.2, 0.25) is 0 Å². The molecule has 1 aromatic rings. The van der Waals surface area contributed by atoms with Crippen LogP contribution in [0.25, 0.3) is 0 Å². The molecule has 0 spiro atoms. The van der Waals surface area contributed by atoms with Gasteiger partial charge in [0.25, 0.3) is 5.92 Å². The summed E-state index contributed by atoms with van der Waals surface area (Å²) in [6.45, 7) is 1.09. The summed E-state index contributed by atoms with van der Waals surface area (Å²) in [5, 5.41) is 0. The van der Waals surface area contributed by atoms with Crippen LogP contribution < -0.4 is 4.74 Å². The molecule has 1 fully saturated rings. The number of likely N-dealkylation sites (tertiary alicyclic amines) is 1. The maximum absolute atomic E-state index is 13.3. The number of benzene rings is 1. The average molecular weight is 320 g/mol. The molecule has 5 heteroatoms. The van der Waals surface area contributed by atoms with Gasteiger partial charge < -0.3 is 4.74 Å². The predicted octanol–water partition coefficient (Wildman–Crippen LogP) is 3.69. The van der Waals surface area contributed by atoms with Crippen molar-refractivity contribution in [3.63, 3.8) is 0 Å². The standard InChI is InChI=1S/C13H16BrF2NO/c1-18-11-3-4-12(14)10(7-11)8-17-6-2-5-13(15,16)9-17/h3-4,7H,2,5-6,8-9H2,1H3. The Balaban J connectivity index is 2.09. The minimum Gasteiger partial charge on any atom is -0.497 e. The van der Waals surface area contributed by atoms with Gasteiger partial charge in [0.15, 0.2) is 0 Å². The van der Waals surface area contributed by atoms with Gasteiger partial charge in [-0.15, -0.1) is 0 Å². The first-order valence-electron chi connectivity index (χ1n) is 5.93. The Kier molecular flexibility index (Phi) is 4.22. The molecule has 2 rings (SSSR count). The molecule has 18 heavy (non-hydrogen) atoms. The Morgan fingerprint density at radius 1 is 1.44 bits per heavy atom. The molecular weight excluding hydrogens is 304 g/mol. The summed E-state index contributed by atoms with van der Waals surface area (Å²) in [5.74, 6) is -1.80. The first-order valence-corrected chi connectivity index (χ1v) is 6.72. The van der Waals surface area contributed by atoms with Crippen LogP contribution in [0.4, 0.5) is 8.78 Å². The van der Waals surface area contributed by atoms with E-state index >= 15 is 0 Å². The number of nitrogens with zero attached hydrogens (tertiary/aromatic N) is 1. The zero-order valence-corrected chi connectivity index (χ0v) is 11.8. The number of halogens is 3. The van der Waals surface area contributed by atoms with Gasteiger partial charge >= 0.3 is 0 Å². The fourth-order valence-electron chi connectivity index (χ4n) is 2.22. The molecule has 100 valence electrons. The van der Waals surface area contributed by atoms with Gasteiger partial charge in [0.1, 0.15) is 5.75 Å². The Labute approximate surface area is 114 Å². The third-order valence-corrected chi connectivity index (χ3v) is 3.89. The van der Waals surface area contributed by atoms with Crippen molar-refractivity contribution in [2.45, 2.75) is 25.3 Å². The number of alkyl halides is 2. The molecule has 1 saturated heterocycles. The van der Waals surface area contributed by atoms with E-state index < -0.39 is 5.92 Å². The molecule has 1 aromatic carbocycles.